The lowest BCUT2D eigenvalue weighted by Gasteiger charge is -2.15. The van der Waals surface area contributed by atoms with Crippen LogP contribution in [0, 0.1) is 5.92 Å². The Balaban J connectivity index is 1.70. The fourth-order valence-corrected chi connectivity index (χ4v) is 3.17. The number of rotatable bonds is 4. The average molecular weight is 306 g/mol. The molecule has 0 aliphatic carbocycles. The smallest absolute Gasteiger partial charge is 0.309 e. The molecule has 1 aliphatic heterocycles. The van der Waals surface area contributed by atoms with Crippen molar-refractivity contribution in [2.75, 3.05) is 0 Å². The van der Waals surface area contributed by atoms with Crippen LogP contribution in [-0.4, -0.2) is 11.6 Å². The summed E-state index contributed by atoms with van der Waals surface area (Å²) in [6, 6.07) is 18.7. The molecule has 0 saturated carbocycles. The maximum Gasteiger partial charge on any atom is 0.309 e. The van der Waals surface area contributed by atoms with Crippen LogP contribution in [-0.2, 0) is 9.53 Å². The molecule has 23 heavy (non-hydrogen) atoms. The standard InChI is InChI=1S/C21H22O2/c1-15(13-19-14-21(2,3)23-20(19)22)16-9-11-18(12-10-16)17-7-5-4-6-8-17/h4-12,19H,1,13-14H2,2-3H3. The summed E-state index contributed by atoms with van der Waals surface area (Å²) in [5, 5.41) is 0. The van der Waals surface area contributed by atoms with Gasteiger partial charge in [0, 0.05) is 6.42 Å². The van der Waals surface area contributed by atoms with Crippen molar-refractivity contribution >= 4 is 11.5 Å². The zero-order valence-corrected chi connectivity index (χ0v) is 13.7. The SMILES string of the molecule is C=C(CC1CC(C)(C)OC1=O)c1ccc(-c2ccccc2)cc1. The molecule has 118 valence electrons. The average Bonchev–Trinajstić information content (AvgIpc) is 2.80. The maximum atomic E-state index is 11.9. The fourth-order valence-electron chi connectivity index (χ4n) is 3.17. The highest BCUT2D eigenvalue weighted by Gasteiger charge is 2.39. The minimum atomic E-state index is -0.348. The molecule has 2 aromatic rings. The number of hydrogen-bond donors (Lipinski definition) is 0. The molecular weight excluding hydrogens is 284 g/mol. The Hall–Kier alpha value is -2.35. The Labute approximate surface area is 137 Å². The van der Waals surface area contributed by atoms with Crippen LogP contribution in [0.3, 0.4) is 0 Å². The normalized spacial score (nSPS) is 19.4. The molecule has 2 heteroatoms. The predicted octanol–water partition coefficient (Wildman–Crippen LogP) is 5.10. The van der Waals surface area contributed by atoms with Crippen molar-refractivity contribution in [1.29, 1.82) is 0 Å². The van der Waals surface area contributed by atoms with Gasteiger partial charge in [-0.15, -0.1) is 0 Å². The number of carbonyl (C=O) groups is 1. The van der Waals surface area contributed by atoms with Gasteiger partial charge in [-0.3, -0.25) is 4.79 Å². The Morgan fingerprint density at radius 1 is 1.09 bits per heavy atom. The van der Waals surface area contributed by atoms with Gasteiger partial charge in [0.05, 0.1) is 5.92 Å². The lowest BCUT2D eigenvalue weighted by molar-refractivity contribution is -0.148. The number of ether oxygens (including phenoxy) is 1. The van der Waals surface area contributed by atoms with Crippen LogP contribution in [0.4, 0.5) is 0 Å². The van der Waals surface area contributed by atoms with E-state index in [1.807, 2.05) is 32.0 Å². The Kier molecular flexibility index (Phi) is 4.08. The molecule has 0 radical (unpaired) electrons. The quantitative estimate of drug-likeness (QED) is 0.735. The number of cyclic esters (lactones) is 1. The molecule has 0 spiro atoms. The summed E-state index contributed by atoms with van der Waals surface area (Å²) in [5.74, 6) is -0.177. The summed E-state index contributed by atoms with van der Waals surface area (Å²) in [6.07, 6.45) is 1.42. The van der Waals surface area contributed by atoms with Crippen molar-refractivity contribution in [2.24, 2.45) is 5.92 Å². The number of allylic oxidation sites excluding steroid dienone is 1. The molecule has 1 unspecified atom stereocenters. The first-order chi connectivity index (χ1) is 10.9. The second-order valence-corrected chi connectivity index (χ2v) is 6.83. The zero-order chi connectivity index (χ0) is 16.4. The minimum Gasteiger partial charge on any atom is -0.459 e. The monoisotopic (exact) mass is 306 g/mol. The number of benzene rings is 2. The molecule has 1 saturated heterocycles. The summed E-state index contributed by atoms with van der Waals surface area (Å²) in [4.78, 5) is 11.9. The van der Waals surface area contributed by atoms with Crippen molar-refractivity contribution in [2.45, 2.75) is 32.3 Å². The first-order valence-electron chi connectivity index (χ1n) is 8.01. The third-order valence-corrected chi connectivity index (χ3v) is 4.34. The summed E-state index contributed by atoms with van der Waals surface area (Å²) >= 11 is 0. The van der Waals surface area contributed by atoms with Gasteiger partial charge in [0.2, 0.25) is 0 Å². The Bertz CT molecular complexity index is 711. The highest BCUT2D eigenvalue weighted by molar-refractivity contribution is 5.79. The first-order valence-corrected chi connectivity index (χ1v) is 8.01. The Morgan fingerprint density at radius 3 is 2.26 bits per heavy atom. The van der Waals surface area contributed by atoms with Crippen LogP contribution in [0.25, 0.3) is 16.7 Å². The van der Waals surface area contributed by atoms with Crippen LogP contribution in [0.1, 0.15) is 32.3 Å². The molecule has 0 N–H and O–H groups in total. The minimum absolute atomic E-state index is 0.0775. The highest BCUT2D eigenvalue weighted by Crippen LogP contribution is 2.36. The van der Waals surface area contributed by atoms with Crippen molar-refractivity contribution in [3.63, 3.8) is 0 Å². The van der Waals surface area contributed by atoms with Crippen LogP contribution < -0.4 is 0 Å². The number of carbonyl (C=O) groups excluding carboxylic acids is 1. The van der Waals surface area contributed by atoms with Crippen LogP contribution in [0.2, 0.25) is 0 Å². The van der Waals surface area contributed by atoms with Gasteiger partial charge in [-0.05, 0) is 42.5 Å². The van der Waals surface area contributed by atoms with Crippen molar-refractivity contribution in [3.8, 4) is 11.1 Å². The van der Waals surface area contributed by atoms with Gasteiger partial charge < -0.3 is 4.74 Å². The van der Waals surface area contributed by atoms with Crippen molar-refractivity contribution < 1.29 is 9.53 Å². The second-order valence-electron chi connectivity index (χ2n) is 6.83. The summed E-state index contributed by atoms with van der Waals surface area (Å²) < 4.78 is 5.39. The molecule has 1 heterocycles. The molecule has 1 aliphatic rings. The largest absolute Gasteiger partial charge is 0.459 e. The predicted molar refractivity (Wildman–Crippen MR) is 93.8 cm³/mol. The van der Waals surface area contributed by atoms with Gasteiger partial charge in [-0.1, -0.05) is 61.2 Å². The third kappa shape index (κ3) is 3.53. The summed E-state index contributed by atoms with van der Waals surface area (Å²) in [6.45, 7) is 8.09. The van der Waals surface area contributed by atoms with Gasteiger partial charge in [0.1, 0.15) is 5.60 Å². The van der Waals surface area contributed by atoms with E-state index < -0.39 is 0 Å². The van der Waals surface area contributed by atoms with E-state index in [1.54, 1.807) is 0 Å². The van der Waals surface area contributed by atoms with E-state index in [0.717, 1.165) is 17.6 Å². The van der Waals surface area contributed by atoms with Gasteiger partial charge >= 0.3 is 5.97 Å². The third-order valence-electron chi connectivity index (χ3n) is 4.34. The second kappa shape index (κ2) is 6.04. The molecule has 2 nitrogen and oxygen atoms in total. The maximum absolute atomic E-state index is 11.9. The van der Waals surface area contributed by atoms with Gasteiger partial charge in [0.25, 0.3) is 0 Å². The molecule has 1 atom stereocenters. The van der Waals surface area contributed by atoms with E-state index in [2.05, 4.69) is 43.0 Å². The van der Waals surface area contributed by atoms with Crippen LogP contribution in [0.15, 0.2) is 61.2 Å². The Morgan fingerprint density at radius 2 is 1.70 bits per heavy atom. The van der Waals surface area contributed by atoms with Crippen LogP contribution in [0.5, 0.6) is 0 Å². The molecule has 0 amide bonds. The summed E-state index contributed by atoms with van der Waals surface area (Å²) in [7, 11) is 0. The van der Waals surface area contributed by atoms with E-state index in [0.29, 0.717) is 6.42 Å². The molecule has 1 fully saturated rings. The van der Waals surface area contributed by atoms with Crippen molar-refractivity contribution in [1.82, 2.24) is 0 Å². The molecular formula is C21H22O2. The van der Waals surface area contributed by atoms with E-state index >= 15 is 0 Å². The number of esters is 1. The van der Waals surface area contributed by atoms with Gasteiger partial charge in [0.15, 0.2) is 0 Å². The van der Waals surface area contributed by atoms with Crippen LogP contribution >= 0.6 is 0 Å². The van der Waals surface area contributed by atoms with E-state index in [1.165, 1.54) is 11.1 Å². The van der Waals surface area contributed by atoms with Crippen molar-refractivity contribution in [3.05, 3.63) is 66.7 Å². The van der Waals surface area contributed by atoms with E-state index in [4.69, 9.17) is 4.74 Å². The lowest BCUT2D eigenvalue weighted by Crippen LogP contribution is -2.17. The zero-order valence-electron chi connectivity index (χ0n) is 13.7. The fraction of sp³-hybridized carbons (Fsp3) is 0.286. The highest BCUT2D eigenvalue weighted by atomic mass is 16.6. The lowest BCUT2D eigenvalue weighted by atomic mass is 9.89. The molecule has 0 aromatic heterocycles. The first kappa shape index (κ1) is 15.5. The van der Waals surface area contributed by atoms with Gasteiger partial charge in [-0.2, -0.15) is 0 Å². The molecule has 0 bridgehead atoms. The molecule has 2 aromatic carbocycles. The topological polar surface area (TPSA) is 26.3 Å². The number of hydrogen-bond acceptors (Lipinski definition) is 2. The van der Waals surface area contributed by atoms with E-state index in [9.17, 15) is 4.79 Å². The van der Waals surface area contributed by atoms with E-state index in [-0.39, 0.29) is 17.5 Å². The summed E-state index contributed by atoms with van der Waals surface area (Å²) in [5.41, 5.74) is 4.11. The molecule has 3 rings (SSSR count). The van der Waals surface area contributed by atoms with Gasteiger partial charge in [-0.25, -0.2) is 0 Å².